The van der Waals surface area contributed by atoms with Crippen LogP contribution in [0.2, 0.25) is 0 Å². The van der Waals surface area contributed by atoms with E-state index in [9.17, 15) is 9.90 Å². The van der Waals surface area contributed by atoms with E-state index in [0.717, 1.165) is 61.1 Å². The molecule has 0 bridgehead atoms. The van der Waals surface area contributed by atoms with Crippen LogP contribution in [-0.2, 0) is 0 Å². The van der Waals surface area contributed by atoms with Gasteiger partial charge in [-0.2, -0.15) is 0 Å². The van der Waals surface area contributed by atoms with E-state index in [0.29, 0.717) is 5.69 Å². The number of aromatic nitrogens is 4. The summed E-state index contributed by atoms with van der Waals surface area (Å²) in [6.07, 6.45) is 1.94. The molecular weight excluding hydrogens is 472 g/mol. The number of aryl methyl sites for hydroxylation is 2. The summed E-state index contributed by atoms with van der Waals surface area (Å²) in [4.78, 5) is 25.2. The molecule has 0 unspecified atom stereocenters. The summed E-state index contributed by atoms with van der Waals surface area (Å²) in [6, 6.07) is 24.3. The van der Waals surface area contributed by atoms with Crippen LogP contribution < -0.4 is 0 Å². The Hall–Kier alpha value is -4.71. The highest BCUT2D eigenvalue weighted by Crippen LogP contribution is 2.37. The van der Waals surface area contributed by atoms with Crippen LogP contribution in [0.15, 0.2) is 79.0 Å². The van der Waals surface area contributed by atoms with Gasteiger partial charge in [0.05, 0.1) is 22.2 Å². The molecule has 3 aromatic heterocycles. The number of hydrogen-bond acceptors (Lipinski definition) is 3. The van der Waals surface area contributed by atoms with Gasteiger partial charge in [0, 0.05) is 28.8 Å². The molecule has 0 spiro atoms. The Kier molecular flexibility index (Phi) is 5.60. The topological polar surface area (TPSA) is 83.8 Å². The minimum Gasteiger partial charge on any atom is -0.477 e. The first-order valence-electron chi connectivity index (χ1n) is 12.7. The van der Waals surface area contributed by atoms with E-state index in [-0.39, 0.29) is 11.7 Å². The van der Waals surface area contributed by atoms with Crippen molar-refractivity contribution in [3.8, 4) is 33.8 Å². The number of imidazole rings is 1. The molecule has 6 heteroatoms. The summed E-state index contributed by atoms with van der Waals surface area (Å²) in [6.45, 7) is 8.38. The van der Waals surface area contributed by atoms with Crippen LogP contribution >= 0.6 is 0 Å². The SMILES string of the molecule is Cc1cc(C)cc(-c2cc(C(=O)O)nc(-c3cccc4c3nc(-c3cccc5cc[nH]c35)n4C(C)C)c2)c1. The molecular formula is C32H28N4O2. The Balaban J connectivity index is 1.62. The molecule has 6 aromatic rings. The number of benzene rings is 3. The summed E-state index contributed by atoms with van der Waals surface area (Å²) < 4.78 is 2.24. The average Bonchev–Trinajstić information content (AvgIpc) is 3.52. The van der Waals surface area contributed by atoms with Crippen molar-refractivity contribution < 1.29 is 9.90 Å². The Morgan fingerprint density at radius 2 is 1.58 bits per heavy atom. The van der Waals surface area contributed by atoms with Crippen molar-refractivity contribution in [1.29, 1.82) is 0 Å². The van der Waals surface area contributed by atoms with Gasteiger partial charge in [-0.05, 0) is 69.2 Å². The Morgan fingerprint density at radius 3 is 2.32 bits per heavy atom. The predicted molar refractivity (Wildman–Crippen MR) is 153 cm³/mol. The molecule has 0 fully saturated rings. The molecule has 188 valence electrons. The summed E-state index contributed by atoms with van der Waals surface area (Å²) >= 11 is 0. The van der Waals surface area contributed by atoms with Crippen molar-refractivity contribution in [1.82, 2.24) is 19.5 Å². The van der Waals surface area contributed by atoms with Gasteiger partial charge in [0.25, 0.3) is 0 Å². The minimum absolute atomic E-state index is 0.00771. The van der Waals surface area contributed by atoms with E-state index >= 15 is 0 Å². The highest BCUT2D eigenvalue weighted by Gasteiger charge is 2.21. The number of nitrogens with one attached hydrogen (secondary N) is 1. The number of pyridine rings is 1. The maximum atomic E-state index is 12.1. The average molecular weight is 501 g/mol. The highest BCUT2D eigenvalue weighted by molar-refractivity contribution is 5.99. The number of aromatic carboxylic acids is 1. The molecule has 0 saturated carbocycles. The molecule has 0 atom stereocenters. The van der Waals surface area contributed by atoms with Gasteiger partial charge in [0.15, 0.2) is 0 Å². The van der Waals surface area contributed by atoms with Gasteiger partial charge in [-0.25, -0.2) is 14.8 Å². The van der Waals surface area contributed by atoms with Gasteiger partial charge in [-0.3, -0.25) is 0 Å². The first-order chi connectivity index (χ1) is 18.3. The summed E-state index contributed by atoms with van der Waals surface area (Å²) in [5.41, 5.74) is 9.25. The standard InChI is InChI=1S/C32H28N4O2/c1-18(2)36-28-10-6-8-24(30(28)35-31(36)25-9-5-7-21-11-12-33-29(21)25)26-16-23(17-27(34-26)32(37)38)22-14-19(3)13-20(4)15-22/h5-18,33H,1-4H3,(H,37,38). The zero-order valence-electron chi connectivity index (χ0n) is 21.8. The quantitative estimate of drug-likeness (QED) is 0.253. The summed E-state index contributed by atoms with van der Waals surface area (Å²) in [7, 11) is 0. The van der Waals surface area contributed by atoms with Crippen molar-refractivity contribution in [3.05, 3.63) is 95.8 Å². The zero-order chi connectivity index (χ0) is 26.6. The van der Waals surface area contributed by atoms with Crippen LogP contribution in [0, 0.1) is 13.8 Å². The van der Waals surface area contributed by atoms with E-state index in [1.54, 1.807) is 6.07 Å². The molecule has 3 aromatic carbocycles. The van der Waals surface area contributed by atoms with E-state index in [4.69, 9.17) is 4.98 Å². The molecule has 38 heavy (non-hydrogen) atoms. The van der Waals surface area contributed by atoms with E-state index in [2.05, 4.69) is 70.8 Å². The lowest BCUT2D eigenvalue weighted by Crippen LogP contribution is -2.03. The minimum atomic E-state index is -1.06. The largest absolute Gasteiger partial charge is 0.477 e. The van der Waals surface area contributed by atoms with Gasteiger partial charge in [-0.1, -0.05) is 53.6 Å². The summed E-state index contributed by atoms with van der Waals surface area (Å²) in [5.74, 6) is -0.198. The number of rotatable bonds is 5. The monoisotopic (exact) mass is 500 g/mol. The molecule has 0 radical (unpaired) electrons. The first-order valence-corrected chi connectivity index (χ1v) is 12.7. The number of nitrogens with zero attached hydrogens (tertiary/aromatic N) is 3. The number of H-pyrrole nitrogens is 1. The molecule has 3 heterocycles. The number of carboxylic acids is 1. The highest BCUT2D eigenvalue weighted by atomic mass is 16.4. The number of carbonyl (C=O) groups is 1. The van der Waals surface area contributed by atoms with Crippen LogP contribution in [0.3, 0.4) is 0 Å². The lowest BCUT2D eigenvalue weighted by molar-refractivity contribution is 0.0690. The normalized spacial score (nSPS) is 11.6. The fourth-order valence-corrected chi connectivity index (χ4v) is 5.39. The van der Waals surface area contributed by atoms with Crippen molar-refractivity contribution in [2.45, 2.75) is 33.7 Å². The van der Waals surface area contributed by atoms with Crippen molar-refractivity contribution in [2.75, 3.05) is 0 Å². The van der Waals surface area contributed by atoms with Crippen LogP contribution in [0.4, 0.5) is 0 Å². The maximum Gasteiger partial charge on any atom is 0.354 e. The van der Waals surface area contributed by atoms with Crippen molar-refractivity contribution in [2.24, 2.45) is 0 Å². The third-order valence-electron chi connectivity index (χ3n) is 6.94. The fourth-order valence-electron chi connectivity index (χ4n) is 5.39. The predicted octanol–water partition coefficient (Wildman–Crippen LogP) is 7.81. The second-order valence-corrected chi connectivity index (χ2v) is 10.1. The molecule has 0 aliphatic carbocycles. The smallest absolute Gasteiger partial charge is 0.354 e. The molecule has 0 aliphatic rings. The molecule has 6 nitrogen and oxygen atoms in total. The fraction of sp³-hybridized carbons (Fsp3) is 0.156. The molecule has 0 saturated heterocycles. The van der Waals surface area contributed by atoms with Gasteiger partial charge in [0.2, 0.25) is 0 Å². The molecule has 2 N–H and O–H groups in total. The van der Waals surface area contributed by atoms with Gasteiger partial charge >= 0.3 is 5.97 Å². The summed E-state index contributed by atoms with van der Waals surface area (Å²) in [5, 5.41) is 11.0. The molecule has 0 aliphatic heterocycles. The Bertz CT molecular complexity index is 1840. The number of aromatic amines is 1. The van der Waals surface area contributed by atoms with Crippen molar-refractivity contribution in [3.63, 3.8) is 0 Å². The Labute approximate surface area is 220 Å². The van der Waals surface area contributed by atoms with E-state index in [1.165, 1.54) is 0 Å². The van der Waals surface area contributed by atoms with E-state index < -0.39 is 5.97 Å². The third kappa shape index (κ3) is 3.95. The van der Waals surface area contributed by atoms with Crippen LogP contribution in [0.25, 0.3) is 55.7 Å². The second kappa shape index (κ2) is 8.99. The van der Waals surface area contributed by atoms with Crippen LogP contribution in [0.5, 0.6) is 0 Å². The van der Waals surface area contributed by atoms with Gasteiger partial charge < -0.3 is 14.7 Å². The molecule has 6 rings (SSSR count). The third-order valence-corrected chi connectivity index (χ3v) is 6.94. The number of carboxylic acid groups (broad SMARTS) is 1. The lowest BCUT2D eigenvalue weighted by Gasteiger charge is -2.14. The number of fused-ring (bicyclic) bond motifs is 2. The number of hydrogen-bond donors (Lipinski definition) is 2. The van der Waals surface area contributed by atoms with Crippen molar-refractivity contribution >= 4 is 27.9 Å². The van der Waals surface area contributed by atoms with Gasteiger partial charge in [-0.15, -0.1) is 0 Å². The van der Waals surface area contributed by atoms with Crippen LogP contribution in [-0.4, -0.2) is 30.6 Å². The maximum absolute atomic E-state index is 12.1. The van der Waals surface area contributed by atoms with Gasteiger partial charge in [0.1, 0.15) is 11.5 Å². The molecule has 0 amide bonds. The Morgan fingerprint density at radius 1 is 0.868 bits per heavy atom. The number of para-hydroxylation sites is 2. The lowest BCUT2D eigenvalue weighted by atomic mass is 9.98. The van der Waals surface area contributed by atoms with Crippen LogP contribution in [0.1, 0.15) is 41.5 Å². The van der Waals surface area contributed by atoms with E-state index in [1.807, 2.05) is 44.3 Å². The second-order valence-electron chi connectivity index (χ2n) is 10.1. The zero-order valence-corrected chi connectivity index (χ0v) is 21.8. The first kappa shape index (κ1) is 23.7.